The van der Waals surface area contributed by atoms with Gasteiger partial charge in [0.15, 0.2) is 5.82 Å². The highest BCUT2D eigenvalue weighted by molar-refractivity contribution is 7.26. The van der Waals surface area contributed by atoms with Gasteiger partial charge < -0.3 is 4.74 Å². The molecule has 52 heavy (non-hydrogen) atoms. The number of para-hydroxylation sites is 2. The van der Waals surface area contributed by atoms with Crippen LogP contribution in [-0.2, 0) is 5.41 Å². The average Bonchev–Trinajstić information content (AvgIpc) is 3.72. The molecule has 0 saturated carbocycles. The lowest BCUT2D eigenvalue weighted by Crippen LogP contribution is -2.32. The fraction of sp³-hybridized carbons (Fsp3) is 0.0417. The van der Waals surface area contributed by atoms with Crippen molar-refractivity contribution in [3.8, 4) is 45.3 Å². The number of hydrogen-bond acceptors (Lipinski definition) is 4. The van der Waals surface area contributed by atoms with Crippen molar-refractivity contribution < 1.29 is 4.74 Å². The number of thiophene rings is 1. The number of nitrogens with zero attached hydrogens (tertiary/aromatic N) is 2. The predicted molar refractivity (Wildman–Crippen MR) is 216 cm³/mol. The molecule has 10 rings (SSSR count). The van der Waals surface area contributed by atoms with Gasteiger partial charge in [0, 0.05) is 32.3 Å². The molecule has 2 aliphatic rings. The van der Waals surface area contributed by atoms with Crippen LogP contribution >= 0.6 is 11.3 Å². The Morgan fingerprint density at radius 1 is 0.673 bits per heavy atom. The molecule has 0 saturated heterocycles. The summed E-state index contributed by atoms with van der Waals surface area (Å²) in [5.74, 6) is 2.50. The van der Waals surface area contributed by atoms with Crippen LogP contribution in [0, 0.1) is 0 Å². The number of fused-ring (bicyclic) bond motifs is 12. The summed E-state index contributed by atoms with van der Waals surface area (Å²) >= 11 is 1.76. The molecular weight excluding hydrogens is 653 g/mol. The van der Waals surface area contributed by atoms with Crippen LogP contribution in [0.25, 0.3) is 59.6 Å². The highest BCUT2D eigenvalue weighted by atomic mass is 32.1. The molecule has 0 unspecified atom stereocenters. The van der Waals surface area contributed by atoms with E-state index >= 15 is 0 Å². The zero-order valence-corrected chi connectivity index (χ0v) is 29.3. The van der Waals surface area contributed by atoms with Gasteiger partial charge in [0.25, 0.3) is 0 Å². The summed E-state index contributed by atoms with van der Waals surface area (Å²) in [6.07, 6.45) is 7.95. The topological polar surface area (TPSA) is 35.0 Å². The highest BCUT2D eigenvalue weighted by Gasteiger charge is 2.51. The number of aromatic nitrogens is 2. The number of ether oxygens (including phenoxy) is 1. The minimum atomic E-state index is -0.506. The molecule has 4 heteroatoms. The molecule has 0 fully saturated rings. The third-order valence-electron chi connectivity index (χ3n) is 10.5. The molecule has 3 nitrogen and oxygen atoms in total. The van der Waals surface area contributed by atoms with Crippen molar-refractivity contribution in [1.29, 1.82) is 0 Å². The molecule has 0 bridgehead atoms. The molecule has 246 valence electrons. The zero-order valence-electron chi connectivity index (χ0n) is 28.5. The van der Waals surface area contributed by atoms with E-state index in [1.54, 1.807) is 17.4 Å². The predicted octanol–water partition coefficient (Wildman–Crippen LogP) is 12.8. The Balaban J connectivity index is 1.20. The molecule has 8 aromatic rings. The Labute approximate surface area is 306 Å². The first kappa shape index (κ1) is 30.5. The van der Waals surface area contributed by atoms with Crippen LogP contribution in [0.1, 0.15) is 34.7 Å². The van der Waals surface area contributed by atoms with Crippen molar-refractivity contribution >= 4 is 37.2 Å². The van der Waals surface area contributed by atoms with Gasteiger partial charge >= 0.3 is 0 Å². The summed E-state index contributed by atoms with van der Waals surface area (Å²) in [4.78, 5) is 10.6. The van der Waals surface area contributed by atoms with Crippen molar-refractivity contribution in [2.75, 3.05) is 0 Å². The van der Waals surface area contributed by atoms with Gasteiger partial charge in [-0.05, 0) is 64.6 Å². The molecule has 1 aliphatic heterocycles. The van der Waals surface area contributed by atoms with Gasteiger partial charge in [-0.25, -0.2) is 9.97 Å². The van der Waals surface area contributed by atoms with Gasteiger partial charge in [0.1, 0.15) is 11.5 Å². The van der Waals surface area contributed by atoms with E-state index in [-0.39, 0.29) is 0 Å². The van der Waals surface area contributed by atoms with Gasteiger partial charge in [-0.3, -0.25) is 0 Å². The first-order valence-electron chi connectivity index (χ1n) is 17.6. The smallest absolute Gasteiger partial charge is 0.160 e. The van der Waals surface area contributed by atoms with E-state index in [0.717, 1.165) is 66.2 Å². The second-order valence-electron chi connectivity index (χ2n) is 13.2. The molecule has 0 radical (unpaired) electrons. The second kappa shape index (κ2) is 11.9. The summed E-state index contributed by atoms with van der Waals surface area (Å²) in [7, 11) is 0. The molecule has 1 aliphatic carbocycles. The van der Waals surface area contributed by atoms with Crippen LogP contribution in [0.3, 0.4) is 0 Å². The summed E-state index contributed by atoms with van der Waals surface area (Å²) in [5, 5.41) is 1.15. The van der Waals surface area contributed by atoms with E-state index in [4.69, 9.17) is 14.7 Å². The van der Waals surface area contributed by atoms with E-state index in [1.807, 2.05) is 6.08 Å². The van der Waals surface area contributed by atoms with Crippen molar-refractivity contribution in [2.45, 2.75) is 12.3 Å². The Kier molecular flexibility index (Phi) is 6.95. The molecule has 0 atom stereocenters. The van der Waals surface area contributed by atoms with Crippen molar-refractivity contribution in [1.82, 2.24) is 9.97 Å². The molecule has 2 aromatic heterocycles. The van der Waals surface area contributed by atoms with E-state index in [2.05, 4.69) is 165 Å². The quantitative estimate of drug-likeness (QED) is 0.169. The van der Waals surface area contributed by atoms with E-state index < -0.39 is 5.41 Å². The lowest BCUT2D eigenvalue weighted by Gasteiger charge is -2.39. The standard InChI is InChI=1S/C48H32N2OS/c1-3-5-14-30(4-2)31-23-25-32(26-24-31)47-49-44(46-45(50-47)35-16-7-13-22-43(35)52-46)33-27-28-38-36(29-33)34-15-6-8-17-37(34)48(38)39-18-9-11-20-41(39)51-42-21-12-10-19-40(42)48/h3-29H,1H2,2H3/b14-5-,30-4+. The van der Waals surface area contributed by atoms with Crippen LogP contribution in [0.5, 0.6) is 11.5 Å². The van der Waals surface area contributed by atoms with Crippen LogP contribution < -0.4 is 4.74 Å². The Morgan fingerprint density at radius 3 is 2.08 bits per heavy atom. The van der Waals surface area contributed by atoms with Crippen molar-refractivity contribution in [3.05, 3.63) is 198 Å². The number of allylic oxidation sites excluding steroid dienone is 5. The molecular formula is C48H32N2OS. The van der Waals surface area contributed by atoms with Gasteiger partial charge in [-0.15, -0.1) is 11.3 Å². The highest BCUT2D eigenvalue weighted by Crippen LogP contribution is 2.62. The maximum absolute atomic E-state index is 6.54. The molecule has 0 N–H and O–H groups in total. The van der Waals surface area contributed by atoms with Crippen LogP contribution in [0.2, 0.25) is 0 Å². The third kappa shape index (κ3) is 4.38. The summed E-state index contributed by atoms with van der Waals surface area (Å²) in [6, 6.07) is 49.9. The van der Waals surface area contributed by atoms with Crippen LogP contribution in [-0.4, -0.2) is 9.97 Å². The van der Waals surface area contributed by atoms with Gasteiger partial charge in [-0.1, -0.05) is 146 Å². The molecule has 6 aromatic carbocycles. The number of rotatable bonds is 5. The summed E-state index contributed by atoms with van der Waals surface area (Å²) in [5.41, 5.74) is 13.0. The van der Waals surface area contributed by atoms with Crippen LogP contribution in [0.4, 0.5) is 0 Å². The van der Waals surface area contributed by atoms with Crippen molar-refractivity contribution in [2.24, 2.45) is 0 Å². The lowest BCUT2D eigenvalue weighted by molar-refractivity contribution is 0.436. The average molecular weight is 685 g/mol. The monoisotopic (exact) mass is 684 g/mol. The number of benzene rings is 6. The first-order chi connectivity index (χ1) is 25.7. The van der Waals surface area contributed by atoms with E-state index in [0.29, 0.717) is 5.82 Å². The largest absolute Gasteiger partial charge is 0.457 e. The lowest BCUT2D eigenvalue weighted by atomic mass is 9.66. The SMILES string of the molecule is C=C/C=C\C(=C/C)c1ccc(-c2nc(-c3ccc4c(c3)-c3ccccc3C43c4ccccc4Oc4ccccc43)c3sc4ccccc4c3n2)cc1. The first-order valence-corrected chi connectivity index (χ1v) is 18.4. The zero-order chi connectivity index (χ0) is 34.8. The van der Waals surface area contributed by atoms with E-state index in [9.17, 15) is 0 Å². The fourth-order valence-electron chi connectivity index (χ4n) is 8.26. The van der Waals surface area contributed by atoms with E-state index in [1.165, 1.54) is 27.0 Å². The maximum Gasteiger partial charge on any atom is 0.160 e. The molecule has 0 amide bonds. The Bertz CT molecular complexity index is 2760. The molecule has 1 spiro atoms. The third-order valence-corrected chi connectivity index (χ3v) is 11.7. The molecule has 3 heterocycles. The summed E-state index contributed by atoms with van der Waals surface area (Å²) in [6.45, 7) is 5.88. The van der Waals surface area contributed by atoms with Gasteiger partial charge in [-0.2, -0.15) is 0 Å². The minimum Gasteiger partial charge on any atom is -0.457 e. The minimum absolute atomic E-state index is 0.506. The van der Waals surface area contributed by atoms with Gasteiger partial charge in [0.2, 0.25) is 0 Å². The summed E-state index contributed by atoms with van der Waals surface area (Å²) < 4.78 is 8.83. The Morgan fingerprint density at radius 2 is 1.33 bits per heavy atom. The maximum atomic E-state index is 6.54. The van der Waals surface area contributed by atoms with Crippen LogP contribution in [0.15, 0.2) is 170 Å². The fourth-order valence-corrected chi connectivity index (χ4v) is 9.42. The normalized spacial score (nSPS) is 13.9. The number of hydrogen-bond donors (Lipinski definition) is 0. The second-order valence-corrected chi connectivity index (χ2v) is 14.3. The van der Waals surface area contributed by atoms with Crippen molar-refractivity contribution in [3.63, 3.8) is 0 Å². The Hall–Kier alpha value is -6.36. The van der Waals surface area contributed by atoms with Gasteiger partial charge in [0.05, 0.1) is 21.3 Å².